The lowest BCUT2D eigenvalue weighted by Gasteiger charge is -2.11. The summed E-state index contributed by atoms with van der Waals surface area (Å²) in [5, 5.41) is 3.59. The Morgan fingerprint density at radius 3 is 2.35 bits per heavy atom. The van der Waals surface area contributed by atoms with Crippen molar-refractivity contribution in [1.82, 2.24) is 9.38 Å². The number of para-hydroxylation sites is 1. The van der Waals surface area contributed by atoms with Gasteiger partial charge in [0.25, 0.3) is 0 Å². The molecule has 130 valence electrons. The number of nitrogens with one attached hydrogen (secondary N) is 1. The highest BCUT2D eigenvalue weighted by atomic mass is 16.5. The predicted octanol–water partition coefficient (Wildman–Crippen LogP) is 5.37. The molecule has 0 aliphatic carbocycles. The monoisotopic (exact) mass is 343 g/mol. The second-order valence-corrected chi connectivity index (χ2v) is 6.36. The second-order valence-electron chi connectivity index (χ2n) is 6.36. The molecule has 0 radical (unpaired) electrons. The average molecular weight is 343 g/mol. The molecule has 2 heterocycles. The summed E-state index contributed by atoms with van der Waals surface area (Å²) in [7, 11) is 1.68. The Morgan fingerprint density at radius 2 is 1.62 bits per heavy atom. The Hall–Kier alpha value is -3.27. The van der Waals surface area contributed by atoms with Gasteiger partial charge in [-0.3, -0.25) is 4.40 Å². The molecule has 0 atom stereocenters. The highest BCUT2D eigenvalue weighted by Gasteiger charge is 2.16. The van der Waals surface area contributed by atoms with E-state index in [1.807, 2.05) is 48.7 Å². The number of imidazole rings is 1. The maximum atomic E-state index is 5.28. The van der Waals surface area contributed by atoms with Crippen LogP contribution >= 0.6 is 0 Å². The average Bonchev–Trinajstić information content (AvgIpc) is 3.04. The third kappa shape index (κ3) is 2.80. The van der Waals surface area contributed by atoms with Crippen molar-refractivity contribution < 1.29 is 4.74 Å². The minimum absolute atomic E-state index is 0.835. The smallest absolute Gasteiger partial charge is 0.143 e. The van der Waals surface area contributed by atoms with E-state index in [0.717, 1.165) is 39.7 Å². The maximum Gasteiger partial charge on any atom is 0.143 e. The number of nitrogens with zero attached hydrogens (tertiary/aromatic N) is 2. The molecule has 26 heavy (non-hydrogen) atoms. The number of hydrogen-bond donors (Lipinski definition) is 1. The van der Waals surface area contributed by atoms with Crippen molar-refractivity contribution in [3.05, 3.63) is 78.0 Å². The van der Waals surface area contributed by atoms with Gasteiger partial charge >= 0.3 is 0 Å². The summed E-state index contributed by atoms with van der Waals surface area (Å²) >= 11 is 0. The Balaban J connectivity index is 1.91. The highest BCUT2D eigenvalue weighted by molar-refractivity contribution is 5.81. The Bertz CT molecular complexity index is 1060. The van der Waals surface area contributed by atoms with E-state index in [1.165, 1.54) is 5.56 Å². The third-order valence-electron chi connectivity index (χ3n) is 4.61. The predicted molar refractivity (Wildman–Crippen MR) is 106 cm³/mol. The molecule has 4 aromatic rings. The van der Waals surface area contributed by atoms with Gasteiger partial charge in [-0.05, 0) is 61.4 Å². The molecule has 0 saturated carbocycles. The van der Waals surface area contributed by atoms with Gasteiger partial charge in [0.1, 0.15) is 22.9 Å². The third-order valence-corrected chi connectivity index (χ3v) is 4.61. The van der Waals surface area contributed by atoms with E-state index in [4.69, 9.17) is 9.72 Å². The fourth-order valence-electron chi connectivity index (χ4n) is 3.11. The molecule has 0 amide bonds. The summed E-state index contributed by atoms with van der Waals surface area (Å²) in [6, 6.07) is 20.4. The number of pyridine rings is 1. The van der Waals surface area contributed by atoms with Gasteiger partial charge in [0.2, 0.25) is 0 Å². The minimum Gasteiger partial charge on any atom is -0.497 e. The number of rotatable bonds is 4. The molecule has 0 spiro atoms. The van der Waals surface area contributed by atoms with Gasteiger partial charge in [0.15, 0.2) is 0 Å². The van der Waals surface area contributed by atoms with E-state index < -0.39 is 0 Å². The number of ether oxygens (including phenoxy) is 1. The summed E-state index contributed by atoms with van der Waals surface area (Å²) in [6.45, 7) is 4.18. The van der Waals surface area contributed by atoms with Crippen molar-refractivity contribution in [3.63, 3.8) is 0 Å². The Labute approximate surface area is 153 Å². The molecule has 0 fully saturated rings. The van der Waals surface area contributed by atoms with Gasteiger partial charge in [-0.25, -0.2) is 4.98 Å². The quantitative estimate of drug-likeness (QED) is 0.541. The zero-order chi connectivity index (χ0) is 18.1. The summed E-state index contributed by atoms with van der Waals surface area (Å²) in [6.07, 6.45) is 2.04. The summed E-state index contributed by atoms with van der Waals surface area (Å²) < 4.78 is 7.40. The molecule has 0 bridgehead atoms. The normalized spacial score (nSPS) is 10.9. The van der Waals surface area contributed by atoms with Gasteiger partial charge < -0.3 is 10.1 Å². The molecular weight excluding hydrogens is 322 g/mol. The van der Waals surface area contributed by atoms with Gasteiger partial charge in [-0.2, -0.15) is 0 Å². The molecule has 2 aromatic carbocycles. The van der Waals surface area contributed by atoms with E-state index >= 15 is 0 Å². The molecule has 4 nitrogen and oxygen atoms in total. The second kappa shape index (κ2) is 6.56. The van der Waals surface area contributed by atoms with Crippen molar-refractivity contribution in [1.29, 1.82) is 0 Å². The number of aromatic nitrogens is 2. The van der Waals surface area contributed by atoms with Crippen molar-refractivity contribution in [2.45, 2.75) is 13.8 Å². The Kier molecular flexibility index (Phi) is 4.09. The summed E-state index contributed by atoms with van der Waals surface area (Å²) in [4.78, 5) is 4.92. The molecule has 4 heteroatoms. The lowest BCUT2D eigenvalue weighted by atomic mass is 10.1. The lowest BCUT2D eigenvalue weighted by molar-refractivity contribution is 0.415. The topological polar surface area (TPSA) is 38.6 Å². The van der Waals surface area contributed by atoms with Crippen molar-refractivity contribution in [2.75, 3.05) is 12.4 Å². The first-order valence-corrected chi connectivity index (χ1v) is 8.62. The minimum atomic E-state index is 0.835. The molecular formula is C22H21N3O. The van der Waals surface area contributed by atoms with Crippen LogP contribution in [0.15, 0.2) is 66.9 Å². The van der Waals surface area contributed by atoms with Crippen LogP contribution in [0.25, 0.3) is 16.9 Å². The molecule has 2 aromatic heterocycles. The van der Waals surface area contributed by atoms with Gasteiger partial charge in [0.05, 0.1) is 7.11 Å². The largest absolute Gasteiger partial charge is 0.497 e. The number of benzene rings is 2. The zero-order valence-electron chi connectivity index (χ0n) is 15.2. The van der Waals surface area contributed by atoms with E-state index in [1.54, 1.807) is 7.11 Å². The SMILES string of the molecule is COc1ccc(-c2nc3c(C)cccn3c2Nc2ccccc2C)cc1. The molecule has 0 saturated heterocycles. The van der Waals surface area contributed by atoms with Crippen LogP contribution in [0, 0.1) is 13.8 Å². The first-order chi connectivity index (χ1) is 12.7. The molecule has 0 aliphatic rings. The number of aryl methyl sites for hydroxylation is 2. The van der Waals surface area contributed by atoms with Crippen LogP contribution in [0.5, 0.6) is 5.75 Å². The van der Waals surface area contributed by atoms with E-state index in [2.05, 4.69) is 41.8 Å². The van der Waals surface area contributed by atoms with Gasteiger partial charge in [-0.1, -0.05) is 24.3 Å². The number of fused-ring (bicyclic) bond motifs is 1. The van der Waals surface area contributed by atoms with Crippen LogP contribution in [0.3, 0.4) is 0 Å². The molecule has 4 rings (SSSR count). The number of anilines is 2. The standard InChI is InChI=1S/C22H21N3O/c1-15-7-4-5-9-19(15)23-22-20(17-10-12-18(26-3)13-11-17)24-21-16(2)8-6-14-25(21)22/h4-14,23H,1-3H3. The van der Waals surface area contributed by atoms with Crippen LogP contribution < -0.4 is 10.1 Å². The number of methoxy groups -OCH3 is 1. The van der Waals surface area contributed by atoms with E-state index in [0.29, 0.717) is 0 Å². The van der Waals surface area contributed by atoms with E-state index in [-0.39, 0.29) is 0 Å². The molecule has 0 unspecified atom stereocenters. The highest BCUT2D eigenvalue weighted by Crippen LogP contribution is 2.33. The maximum absolute atomic E-state index is 5.28. The summed E-state index contributed by atoms with van der Waals surface area (Å²) in [5.41, 5.74) is 6.33. The summed E-state index contributed by atoms with van der Waals surface area (Å²) in [5.74, 6) is 1.80. The van der Waals surface area contributed by atoms with Crippen LogP contribution in [0.1, 0.15) is 11.1 Å². The fourth-order valence-corrected chi connectivity index (χ4v) is 3.11. The van der Waals surface area contributed by atoms with Gasteiger partial charge in [-0.15, -0.1) is 0 Å². The molecule has 0 aliphatic heterocycles. The van der Waals surface area contributed by atoms with E-state index in [9.17, 15) is 0 Å². The van der Waals surface area contributed by atoms with Crippen molar-refractivity contribution >= 4 is 17.2 Å². The lowest BCUT2D eigenvalue weighted by Crippen LogP contribution is -1.98. The van der Waals surface area contributed by atoms with Crippen LogP contribution in [-0.2, 0) is 0 Å². The first-order valence-electron chi connectivity index (χ1n) is 8.62. The zero-order valence-corrected chi connectivity index (χ0v) is 15.2. The van der Waals surface area contributed by atoms with Crippen LogP contribution in [-0.4, -0.2) is 16.5 Å². The fraction of sp³-hybridized carbons (Fsp3) is 0.136. The Morgan fingerprint density at radius 1 is 0.885 bits per heavy atom. The van der Waals surface area contributed by atoms with Crippen LogP contribution in [0.2, 0.25) is 0 Å². The van der Waals surface area contributed by atoms with Gasteiger partial charge in [0, 0.05) is 17.4 Å². The van der Waals surface area contributed by atoms with Crippen molar-refractivity contribution in [2.24, 2.45) is 0 Å². The van der Waals surface area contributed by atoms with Crippen LogP contribution in [0.4, 0.5) is 11.5 Å². The first kappa shape index (κ1) is 16.2. The molecule has 1 N–H and O–H groups in total. The van der Waals surface area contributed by atoms with Crippen molar-refractivity contribution in [3.8, 4) is 17.0 Å². The number of hydrogen-bond acceptors (Lipinski definition) is 3.